The summed E-state index contributed by atoms with van der Waals surface area (Å²) in [4.78, 5) is 23.8. The molecule has 1 heterocycles. The maximum Gasteiger partial charge on any atom is 0.320 e. The highest BCUT2D eigenvalue weighted by Gasteiger charge is 2.52. The number of carbonyl (C=O) groups is 2. The van der Waals surface area contributed by atoms with Crippen molar-refractivity contribution in [2.45, 2.75) is 38.5 Å². The fraction of sp³-hybridized carbons (Fsp3) is 0.714. The number of ketones is 1. The van der Waals surface area contributed by atoms with Crippen molar-refractivity contribution in [3.8, 4) is 0 Å². The number of carboxylic acids is 1. The van der Waals surface area contributed by atoms with Crippen LogP contribution in [0.15, 0.2) is 12.2 Å². The molecule has 2 atom stereocenters. The smallest absolute Gasteiger partial charge is 0.320 e. The molecule has 0 bridgehead atoms. The van der Waals surface area contributed by atoms with Gasteiger partial charge in [0.2, 0.25) is 0 Å². The molecule has 18 heavy (non-hydrogen) atoms. The summed E-state index contributed by atoms with van der Waals surface area (Å²) in [6.45, 7) is 0.375. The Morgan fingerprint density at radius 3 is 2.94 bits per heavy atom. The van der Waals surface area contributed by atoms with Gasteiger partial charge in [-0.05, 0) is 19.3 Å². The normalized spacial score (nSPS) is 35.6. The minimum Gasteiger partial charge on any atom is -0.480 e. The van der Waals surface area contributed by atoms with E-state index in [-0.39, 0.29) is 24.7 Å². The van der Waals surface area contributed by atoms with E-state index in [1.807, 2.05) is 12.2 Å². The Bertz CT molecular complexity index is 361. The first kappa shape index (κ1) is 13.3. The van der Waals surface area contributed by atoms with Gasteiger partial charge in [0, 0.05) is 12.3 Å². The van der Waals surface area contributed by atoms with Crippen molar-refractivity contribution in [2.24, 2.45) is 11.3 Å². The lowest BCUT2D eigenvalue weighted by Crippen LogP contribution is -2.51. The first-order valence-corrected chi connectivity index (χ1v) is 6.69. The first-order valence-electron chi connectivity index (χ1n) is 6.69. The van der Waals surface area contributed by atoms with Crippen LogP contribution in [0.5, 0.6) is 0 Å². The predicted octanol–water partition coefficient (Wildman–Crippen LogP) is 2.18. The van der Waals surface area contributed by atoms with E-state index in [4.69, 9.17) is 4.74 Å². The maximum atomic E-state index is 12.2. The summed E-state index contributed by atoms with van der Waals surface area (Å²) in [7, 11) is 0. The van der Waals surface area contributed by atoms with Crippen molar-refractivity contribution in [3.05, 3.63) is 12.2 Å². The second kappa shape index (κ2) is 5.65. The van der Waals surface area contributed by atoms with E-state index in [1.54, 1.807) is 0 Å². The number of hydrogen-bond donors (Lipinski definition) is 1. The highest BCUT2D eigenvalue weighted by Crippen LogP contribution is 2.39. The number of allylic oxidation sites excluding steroid dienone is 2. The van der Waals surface area contributed by atoms with Gasteiger partial charge < -0.3 is 9.84 Å². The molecule has 0 saturated carbocycles. The minimum absolute atomic E-state index is 0.0240. The summed E-state index contributed by atoms with van der Waals surface area (Å²) < 4.78 is 5.31. The number of carbonyl (C=O) groups excluding carboxylic acids is 1. The van der Waals surface area contributed by atoms with Gasteiger partial charge in [0.1, 0.15) is 0 Å². The molecule has 1 aliphatic carbocycles. The fourth-order valence-electron chi connectivity index (χ4n) is 2.93. The summed E-state index contributed by atoms with van der Waals surface area (Å²) in [5.41, 5.74) is -1.34. The van der Waals surface area contributed by atoms with Crippen LogP contribution in [-0.4, -0.2) is 30.1 Å². The molecule has 1 N–H and O–H groups in total. The van der Waals surface area contributed by atoms with Crippen LogP contribution in [0.4, 0.5) is 0 Å². The van der Waals surface area contributed by atoms with Crippen LogP contribution in [0.1, 0.15) is 38.5 Å². The van der Waals surface area contributed by atoms with Gasteiger partial charge in [0.25, 0.3) is 0 Å². The van der Waals surface area contributed by atoms with Crippen molar-refractivity contribution in [1.82, 2.24) is 0 Å². The number of carboxylic acid groups (broad SMARTS) is 1. The lowest BCUT2D eigenvalue weighted by molar-refractivity contribution is -0.168. The molecule has 2 unspecified atom stereocenters. The summed E-state index contributed by atoms with van der Waals surface area (Å²) in [6, 6.07) is 0. The molecule has 0 spiro atoms. The largest absolute Gasteiger partial charge is 0.480 e. The summed E-state index contributed by atoms with van der Waals surface area (Å²) in [6.07, 6.45) is 9.14. The maximum absolute atomic E-state index is 12.2. The highest BCUT2D eigenvalue weighted by atomic mass is 16.5. The van der Waals surface area contributed by atoms with Crippen molar-refractivity contribution < 1.29 is 19.4 Å². The predicted molar refractivity (Wildman–Crippen MR) is 66.2 cm³/mol. The zero-order valence-electron chi connectivity index (χ0n) is 10.6. The number of hydrogen-bond acceptors (Lipinski definition) is 3. The average molecular weight is 252 g/mol. The number of Topliss-reactive ketones (excluding diaryl/α,β-unsaturated/α-hetero) is 1. The van der Waals surface area contributed by atoms with Crippen LogP contribution < -0.4 is 0 Å². The fourth-order valence-corrected chi connectivity index (χ4v) is 2.93. The molecule has 100 valence electrons. The molecule has 0 aromatic heterocycles. The first-order chi connectivity index (χ1) is 8.68. The summed E-state index contributed by atoms with van der Waals surface area (Å²) in [5.74, 6) is -1.41. The minimum atomic E-state index is -1.34. The van der Waals surface area contributed by atoms with Crippen molar-refractivity contribution in [1.29, 1.82) is 0 Å². The molecule has 4 heteroatoms. The quantitative estimate of drug-likeness (QED) is 0.604. The molecule has 0 radical (unpaired) electrons. The molecule has 2 aliphatic rings. The molecular formula is C14H20O4. The van der Waals surface area contributed by atoms with E-state index in [9.17, 15) is 14.7 Å². The van der Waals surface area contributed by atoms with Crippen LogP contribution in [0.3, 0.4) is 0 Å². The van der Waals surface area contributed by atoms with Gasteiger partial charge in [-0.2, -0.15) is 0 Å². The topological polar surface area (TPSA) is 63.6 Å². The molecule has 0 amide bonds. The molecule has 4 nitrogen and oxygen atoms in total. The van der Waals surface area contributed by atoms with Crippen LogP contribution in [0.25, 0.3) is 0 Å². The Balaban J connectivity index is 2.30. The third-order valence-corrected chi connectivity index (χ3v) is 4.07. The lowest BCUT2D eigenvalue weighted by Gasteiger charge is -2.37. The molecule has 0 aromatic rings. The Morgan fingerprint density at radius 1 is 1.39 bits per heavy atom. The van der Waals surface area contributed by atoms with Gasteiger partial charge in [0.15, 0.2) is 11.2 Å². The summed E-state index contributed by atoms with van der Waals surface area (Å²) in [5, 5.41) is 9.54. The molecule has 1 saturated heterocycles. The molecular weight excluding hydrogens is 232 g/mol. The van der Waals surface area contributed by atoms with Gasteiger partial charge in [0.05, 0.1) is 13.2 Å². The third kappa shape index (κ3) is 2.34. The van der Waals surface area contributed by atoms with E-state index in [2.05, 4.69) is 0 Å². The van der Waals surface area contributed by atoms with Crippen LogP contribution in [-0.2, 0) is 14.3 Å². The Kier molecular flexibility index (Phi) is 4.17. The molecule has 2 rings (SSSR count). The van der Waals surface area contributed by atoms with E-state index in [0.717, 1.165) is 32.1 Å². The van der Waals surface area contributed by atoms with Crippen LogP contribution >= 0.6 is 0 Å². The lowest BCUT2D eigenvalue weighted by atomic mass is 9.68. The monoisotopic (exact) mass is 252 g/mol. The van der Waals surface area contributed by atoms with Crippen molar-refractivity contribution in [3.63, 3.8) is 0 Å². The van der Waals surface area contributed by atoms with Gasteiger partial charge in [-0.3, -0.25) is 9.59 Å². The second-order valence-corrected chi connectivity index (χ2v) is 5.17. The third-order valence-electron chi connectivity index (χ3n) is 4.07. The Hall–Kier alpha value is -1.16. The second-order valence-electron chi connectivity index (χ2n) is 5.17. The SMILES string of the molecule is O=C(O)C1(C2/C=C/CCCCC2)COCCC1=O. The molecule has 1 fully saturated rings. The van der Waals surface area contributed by atoms with Crippen LogP contribution in [0.2, 0.25) is 0 Å². The Labute approximate surface area is 107 Å². The van der Waals surface area contributed by atoms with E-state index in [1.165, 1.54) is 0 Å². The van der Waals surface area contributed by atoms with Crippen LogP contribution in [0, 0.1) is 11.3 Å². The van der Waals surface area contributed by atoms with Gasteiger partial charge in [-0.25, -0.2) is 0 Å². The van der Waals surface area contributed by atoms with Crippen molar-refractivity contribution >= 4 is 11.8 Å². The van der Waals surface area contributed by atoms with Gasteiger partial charge in [-0.15, -0.1) is 0 Å². The summed E-state index contributed by atoms with van der Waals surface area (Å²) >= 11 is 0. The Morgan fingerprint density at radius 2 is 2.22 bits per heavy atom. The molecule has 0 aromatic carbocycles. The van der Waals surface area contributed by atoms with E-state index in [0.29, 0.717) is 6.61 Å². The average Bonchev–Trinajstić information content (AvgIpc) is 2.30. The zero-order chi connectivity index (χ0) is 13.0. The highest BCUT2D eigenvalue weighted by molar-refractivity contribution is 6.04. The van der Waals surface area contributed by atoms with Crippen molar-refractivity contribution in [2.75, 3.05) is 13.2 Å². The van der Waals surface area contributed by atoms with E-state index >= 15 is 0 Å². The standard InChI is InChI=1S/C14H20O4/c15-12-8-9-18-10-14(12,13(16)17)11-6-4-2-1-3-5-7-11/h4,6,11H,1-3,5,7-10H2,(H,16,17)/b6-4+. The number of aliphatic carboxylic acids is 1. The van der Waals surface area contributed by atoms with Gasteiger partial charge >= 0.3 is 5.97 Å². The van der Waals surface area contributed by atoms with Gasteiger partial charge in [-0.1, -0.05) is 25.0 Å². The molecule has 1 aliphatic heterocycles. The number of rotatable bonds is 2. The van der Waals surface area contributed by atoms with E-state index < -0.39 is 11.4 Å². The zero-order valence-corrected chi connectivity index (χ0v) is 10.6. The number of ether oxygens (including phenoxy) is 1.